The van der Waals surface area contributed by atoms with Crippen LogP contribution in [0.5, 0.6) is 5.88 Å². The molecule has 6 nitrogen and oxygen atoms in total. The number of hydrogen-bond donors (Lipinski definition) is 3. The van der Waals surface area contributed by atoms with Gasteiger partial charge in [-0.15, -0.1) is 0 Å². The van der Waals surface area contributed by atoms with Gasteiger partial charge in [-0.2, -0.15) is 0 Å². The lowest BCUT2D eigenvalue weighted by Crippen LogP contribution is -2.31. The van der Waals surface area contributed by atoms with E-state index in [1.54, 1.807) is 13.3 Å². The zero-order chi connectivity index (χ0) is 12.7. The van der Waals surface area contributed by atoms with Gasteiger partial charge in [0.2, 0.25) is 5.88 Å². The normalized spacial score (nSPS) is 13.4. The van der Waals surface area contributed by atoms with Crippen molar-refractivity contribution < 1.29 is 9.94 Å². The predicted octanol–water partition coefficient (Wildman–Crippen LogP) is 0.562. The molecule has 6 heteroatoms. The Morgan fingerprint density at radius 3 is 3.12 bits per heavy atom. The average Bonchev–Trinajstić information content (AvgIpc) is 2.38. The summed E-state index contributed by atoms with van der Waals surface area (Å²) in [5.74, 6) is 0.801. The van der Waals surface area contributed by atoms with Gasteiger partial charge in [0.25, 0.3) is 0 Å². The number of pyridine rings is 1. The Balaban J connectivity index is 2.46. The topological polar surface area (TPSA) is 92.8 Å². The number of amidine groups is 1. The molecular formula is C11H18N4O2. The van der Waals surface area contributed by atoms with Crippen LogP contribution in [0.4, 0.5) is 0 Å². The summed E-state index contributed by atoms with van der Waals surface area (Å²) < 4.78 is 5.13. The van der Waals surface area contributed by atoms with Gasteiger partial charge in [-0.1, -0.05) is 18.1 Å². The summed E-state index contributed by atoms with van der Waals surface area (Å²) in [7, 11) is 1.59. The van der Waals surface area contributed by atoms with E-state index in [1.165, 1.54) is 0 Å². The van der Waals surface area contributed by atoms with Gasteiger partial charge in [-0.05, 0) is 6.07 Å². The number of ether oxygens (including phenoxy) is 1. The summed E-state index contributed by atoms with van der Waals surface area (Å²) in [5, 5.41) is 14.7. The minimum absolute atomic E-state index is 0.0253. The molecule has 0 aliphatic rings. The monoisotopic (exact) mass is 238 g/mol. The lowest BCUT2D eigenvalue weighted by atomic mass is 10.1. The standard InChI is InChI=1S/C11H18N4O2/c1-8(10(12)15-16)6-13-7-9-4-3-5-14-11(9)17-2/h3-5,8,13,16H,6-7H2,1-2H3,(H2,12,15). The van der Waals surface area contributed by atoms with Crippen molar-refractivity contribution in [2.75, 3.05) is 13.7 Å². The van der Waals surface area contributed by atoms with E-state index in [1.807, 2.05) is 19.1 Å². The van der Waals surface area contributed by atoms with Crippen molar-refractivity contribution in [2.45, 2.75) is 13.5 Å². The first-order valence-electron chi connectivity index (χ1n) is 5.35. The summed E-state index contributed by atoms with van der Waals surface area (Å²) in [5.41, 5.74) is 6.45. The molecule has 1 aromatic heterocycles. The molecule has 1 rings (SSSR count). The van der Waals surface area contributed by atoms with Crippen molar-refractivity contribution in [1.82, 2.24) is 10.3 Å². The fourth-order valence-electron chi connectivity index (χ4n) is 1.37. The van der Waals surface area contributed by atoms with Crippen molar-refractivity contribution in [1.29, 1.82) is 0 Å². The average molecular weight is 238 g/mol. The van der Waals surface area contributed by atoms with Gasteiger partial charge in [-0.3, -0.25) is 0 Å². The first-order valence-corrected chi connectivity index (χ1v) is 5.35. The molecule has 17 heavy (non-hydrogen) atoms. The smallest absolute Gasteiger partial charge is 0.217 e. The summed E-state index contributed by atoms with van der Waals surface area (Å²) in [6, 6.07) is 3.79. The van der Waals surface area contributed by atoms with E-state index in [0.29, 0.717) is 19.0 Å². The molecule has 0 fully saturated rings. The second-order valence-electron chi connectivity index (χ2n) is 3.73. The Bertz CT molecular complexity index is 381. The SMILES string of the molecule is COc1ncccc1CNCC(C)C(N)=NO. The van der Waals surface area contributed by atoms with E-state index >= 15 is 0 Å². The maximum Gasteiger partial charge on any atom is 0.217 e. The Labute approximate surface area is 100 Å². The molecule has 1 unspecified atom stereocenters. The zero-order valence-corrected chi connectivity index (χ0v) is 10.1. The molecule has 0 spiro atoms. The third-order valence-electron chi connectivity index (χ3n) is 2.43. The Kier molecular flexibility index (Phi) is 5.22. The fourth-order valence-corrected chi connectivity index (χ4v) is 1.37. The van der Waals surface area contributed by atoms with Crippen molar-refractivity contribution in [3.05, 3.63) is 23.9 Å². The molecule has 1 atom stereocenters. The molecule has 0 saturated heterocycles. The second-order valence-corrected chi connectivity index (χ2v) is 3.73. The largest absolute Gasteiger partial charge is 0.481 e. The summed E-state index contributed by atoms with van der Waals surface area (Å²) in [4.78, 5) is 4.10. The molecule has 0 aliphatic carbocycles. The van der Waals surface area contributed by atoms with E-state index in [2.05, 4.69) is 15.5 Å². The molecule has 0 aromatic carbocycles. The summed E-state index contributed by atoms with van der Waals surface area (Å²) in [6.45, 7) is 3.12. The van der Waals surface area contributed by atoms with Crippen LogP contribution in [0.2, 0.25) is 0 Å². The second kappa shape index (κ2) is 6.70. The van der Waals surface area contributed by atoms with Gasteiger partial charge in [-0.25, -0.2) is 4.98 Å². The number of nitrogens with zero attached hydrogens (tertiary/aromatic N) is 2. The number of rotatable bonds is 6. The predicted molar refractivity (Wildman–Crippen MR) is 65.1 cm³/mol. The number of methoxy groups -OCH3 is 1. The fraction of sp³-hybridized carbons (Fsp3) is 0.455. The van der Waals surface area contributed by atoms with E-state index < -0.39 is 0 Å². The highest BCUT2D eigenvalue weighted by Gasteiger charge is 2.08. The molecule has 0 saturated carbocycles. The van der Waals surface area contributed by atoms with Gasteiger partial charge in [0.15, 0.2) is 0 Å². The Morgan fingerprint density at radius 2 is 2.47 bits per heavy atom. The van der Waals surface area contributed by atoms with E-state index in [-0.39, 0.29) is 11.8 Å². The third-order valence-corrected chi connectivity index (χ3v) is 2.43. The lowest BCUT2D eigenvalue weighted by molar-refractivity contribution is 0.314. The highest BCUT2D eigenvalue weighted by atomic mass is 16.5. The quantitative estimate of drug-likeness (QED) is 0.291. The highest BCUT2D eigenvalue weighted by molar-refractivity contribution is 5.82. The molecule has 1 heterocycles. The number of nitrogens with one attached hydrogen (secondary N) is 1. The van der Waals surface area contributed by atoms with Crippen LogP contribution in [0.25, 0.3) is 0 Å². The minimum atomic E-state index is -0.0253. The van der Waals surface area contributed by atoms with Gasteiger partial charge < -0.3 is 21.0 Å². The lowest BCUT2D eigenvalue weighted by Gasteiger charge is -2.12. The molecule has 0 aliphatic heterocycles. The van der Waals surface area contributed by atoms with Gasteiger partial charge in [0.1, 0.15) is 5.84 Å². The third kappa shape index (κ3) is 3.92. The minimum Gasteiger partial charge on any atom is -0.481 e. The Hall–Kier alpha value is -1.82. The molecule has 0 bridgehead atoms. The van der Waals surface area contributed by atoms with Crippen LogP contribution >= 0.6 is 0 Å². The van der Waals surface area contributed by atoms with Crippen LogP contribution in [-0.4, -0.2) is 29.7 Å². The van der Waals surface area contributed by atoms with Crippen LogP contribution in [0.15, 0.2) is 23.5 Å². The van der Waals surface area contributed by atoms with Crippen LogP contribution in [0, 0.1) is 5.92 Å². The molecule has 4 N–H and O–H groups in total. The number of aromatic nitrogens is 1. The van der Waals surface area contributed by atoms with Gasteiger partial charge in [0.05, 0.1) is 7.11 Å². The van der Waals surface area contributed by atoms with Crippen LogP contribution in [0.3, 0.4) is 0 Å². The molecule has 0 radical (unpaired) electrons. The first kappa shape index (κ1) is 13.2. The number of hydrogen-bond acceptors (Lipinski definition) is 5. The van der Waals surface area contributed by atoms with Crippen LogP contribution in [0.1, 0.15) is 12.5 Å². The van der Waals surface area contributed by atoms with Gasteiger partial charge in [0, 0.05) is 30.8 Å². The molecule has 94 valence electrons. The Morgan fingerprint density at radius 1 is 1.71 bits per heavy atom. The highest BCUT2D eigenvalue weighted by Crippen LogP contribution is 2.12. The van der Waals surface area contributed by atoms with Crippen molar-refractivity contribution in [2.24, 2.45) is 16.8 Å². The number of oxime groups is 1. The molecule has 1 aromatic rings. The van der Waals surface area contributed by atoms with Crippen LogP contribution < -0.4 is 15.8 Å². The van der Waals surface area contributed by atoms with Crippen molar-refractivity contribution in [3.8, 4) is 5.88 Å². The zero-order valence-electron chi connectivity index (χ0n) is 10.1. The molecular weight excluding hydrogens is 220 g/mol. The van der Waals surface area contributed by atoms with Crippen molar-refractivity contribution in [3.63, 3.8) is 0 Å². The number of nitrogens with two attached hydrogens (primary N) is 1. The maximum absolute atomic E-state index is 8.51. The van der Waals surface area contributed by atoms with Gasteiger partial charge >= 0.3 is 0 Å². The van der Waals surface area contributed by atoms with E-state index in [0.717, 1.165) is 5.56 Å². The van der Waals surface area contributed by atoms with E-state index in [4.69, 9.17) is 15.7 Å². The van der Waals surface area contributed by atoms with Crippen LogP contribution in [-0.2, 0) is 6.54 Å². The van der Waals surface area contributed by atoms with Crippen molar-refractivity contribution >= 4 is 5.84 Å². The maximum atomic E-state index is 8.51. The first-order chi connectivity index (χ1) is 8.19. The van der Waals surface area contributed by atoms with E-state index in [9.17, 15) is 0 Å². The summed E-state index contributed by atoms with van der Waals surface area (Å²) >= 11 is 0. The molecule has 0 amide bonds. The summed E-state index contributed by atoms with van der Waals surface area (Å²) in [6.07, 6.45) is 1.68.